The zero-order chi connectivity index (χ0) is 21.7. The van der Waals surface area contributed by atoms with Gasteiger partial charge in [-0.1, -0.05) is 23.2 Å². The van der Waals surface area contributed by atoms with Crippen molar-refractivity contribution in [3.8, 4) is 5.75 Å². The van der Waals surface area contributed by atoms with Gasteiger partial charge in [0.05, 0.1) is 5.69 Å². The fourth-order valence-corrected chi connectivity index (χ4v) is 3.65. The molecule has 0 aliphatic heterocycles. The van der Waals surface area contributed by atoms with Crippen LogP contribution in [0.4, 0.5) is 5.69 Å². The molecule has 1 heterocycles. The summed E-state index contributed by atoms with van der Waals surface area (Å²) in [6.07, 6.45) is 0. The molecule has 3 aromatic rings. The number of carbonyl (C=O) groups excluding carboxylic acids is 2. The third-order valence-electron chi connectivity index (χ3n) is 4.08. The van der Waals surface area contributed by atoms with Crippen molar-refractivity contribution in [3.05, 3.63) is 74.2 Å². The van der Waals surface area contributed by atoms with Crippen molar-refractivity contribution >= 4 is 52.0 Å². The lowest BCUT2D eigenvalue weighted by molar-refractivity contribution is -0.117. The van der Waals surface area contributed by atoms with E-state index in [1.165, 1.54) is 11.3 Å². The number of nitrogens with zero attached hydrogens (tertiary/aromatic N) is 1. The van der Waals surface area contributed by atoms with E-state index in [0.717, 1.165) is 0 Å². The molecule has 0 aliphatic rings. The highest BCUT2D eigenvalue weighted by Gasteiger charge is 2.21. The summed E-state index contributed by atoms with van der Waals surface area (Å²) in [4.78, 5) is 29.8. The molecule has 2 aromatic carbocycles. The largest absolute Gasteiger partial charge is 0.486 e. The Kier molecular flexibility index (Phi) is 7.31. The number of aryl methyl sites for hydroxylation is 1. The lowest BCUT2D eigenvalue weighted by atomic mass is 10.2. The Balaban J connectivity index is 1.57. The standard InChI is InChI=1S/C21H19Cl2N3O3S/c1-12-19(30-18(24-12)11-29-17-9-5-15(23)6-10-17)21(28)25-13(2)20(27)26-16-7-3-14(22)4-8-16/h3-10,13H,11H2,1-2H3,(H,25,28)(H,26,27)/t13-/m0/s1. The van der Waals surface area contributed by atoms with E-state index in [2.05, 4.69) is 15.6 Å². The Labute approximate surface area is 188 Å². The van der Waals surface area contributed by atoms with Crippen LogP contribution in [0.1, 0.15) is 27.3 Å². The average molecular weight is 464 g/mol. The normalized spacial score (nSPS) is 11.6. The van der Waals surface area contributed by atoms with Crippen molar-refractivity contribution in [1.29, 1.82) is 0 Å². The maximum atomic E-state index is 12.6. The minimum absolute atomic E-state index is 0.229. The Hall–Kier alpha value is -2.61. The number of benzene rings is 2. The van der Waals surface area contributed by atoms with Crippen molar-refractivity contribution in [3.63, 3.8) is 0 Å². The third kappa shape index (κ3) is 5.95. The van der Waals surface area contributed by atoms with Crippen LogP contribution in [0.5, 0.6) is 5.75 Å². The fraction of sp³-hybridized carbons (Fsp3) is 0.190. The quantitative estimate of drug-likeness (QED) is 0.510. The second kappa shape index (κ2) is 9.93. The Morgan fingerprint density at radius 2 is 1.67 bits per heavy atom. The predicted octanol–water partition coefficient (Wildman–Crippen LogP) is 5.09. The summed E-state index contributed by atoms with van der Waals surface area (Å²) in [6.45, 7) is 3.59. The van der Waals surface area contributed by atoms with E-state index < -0.39 is 6.04 Å². The Morgan fingerprint density at radius 3 is 2.30 bits per heavy atom. The number of amides is 2. The van der Waals surface area contributed by atoms with Gasteiger partial charge in [-0.05, 0) is 62.4 Å². The van der Waals surface area contributed by atoms with Gasteiger partial charge in [0.15, 0.2) is 0 Å². The number of ether oxygens (including phenoxy) is 1. The maximum absolute atomic E-state index is 12.6. The monoisotopic (exact) mass is 463 g/mol. The van der Waals surface area contributed by atoms with Crippen molar-refractivity contribution < 1.29 is 14.3 Å². The molecule has 1 atom stereocenters. The number of nitrogens with one attached hydrogen (secondary N) is 2. The average Bonchev–Trinajstić information content (AvgIpc) is 3.10. The second-order valence-electron chi connectivity index (χ2n) is 6.46. The van der Waals surface area contributed by atoms with Crippen LogP contribution in [0.2, 0.25) is 10.0 Å². The van der Waals surface area contributed by atoms with Gasteiger partial charge in [-0.25, -0.2) is 4.98 Å². The van der Waals surface area contributed by atoms with Gasteiger partial charge in [-0.15, -0.1) is 11.3 Å². The molecule has 0 aliphatic carbocycles. The van der Waals surface area contributed by atoms with Crippen LogP contribution in [0.25, 0.3) is 0 Å². The van der Waals surface area contributed by atoms with E-state index in [0.29, 0.717) is 37.1 Å². The molecule has 0 fully saturated rings. The zero-order valence-corrected chi connectivity index (χ0v) is 18.6. The molecule has 0 bridgehead atoms. The van der Waals surface area contributed by atoms with Crippen LogP contribution in [0, 0.1) is 6.92 Å². The van der Waals surface area contributed by atoms with Gasteiger partial charge in [0.1, 0.15) is 28.3 Å². The molecule has 9 heteroatoms. The molecule has 2 N–H and O–H groups in total. The number of thiazole rings is 1. The third-order valence-corrected chi connectivity index (χ3v) is 5.71. The molecule has 156 valence electrons. The van der Waals surface area contributed by atoms with Gasteiger partial charge in [0.2, 0.25) is 5.91 Å². The van der Waals surface area contributed by atoms with Gasteiger partial charge in [-0.3, -0.25) is 9.59 Å². The number of halogens is 2. The van der Waals surface area contributed by atoms with Crippen LogP contribution in [0.15, 0.2) is 48.5 Å². The summed E-state index contributed by atoms with van der Waals surface area (Å²) < 4.78 is 5.67. The summed E-state index contributed by atoms with van der Waals surface area (Å²) in [7, 11) is 0. The van der Waals surface area contributed by atoms with Crippen molar-refractivity contribution in [1.82, 2.24) is 10.3 Å². The summed E-state index contributed by atoms with van der Waals surface area (Å²) in [6, 6.07) is 13.0. The number of hydrogen-bond donors (Lipinski definition) is 2. The van der Waals surface area contributed by atoms with E-state index >= 15 is 0 Å². The number of anilines is 1. The number of carbonyl (C=O) groups is 2. The van der Waals surface area contributed by atoms with Gasteiger partial charge in [-0.2, -0.15) is 0 Å². The summed E-state index contributed by atoms with van der Waals surface area (Å²) >= 11 is 12.9. The first-order valence-electron chi connectivity index (χ1n) is 9.04. The topological polar surface area (TPSA) is 80.3 Å². The highest BCUT2D eigenvalue weighted by molar-refractivity contribution is 7.13. The van der Waals surface area contributed by atoms with Crippen LogP contribution in [0.3, 0.4) is 0 Å². The van der Waals surface area contributed by atoms with Crippen molar-refractivity contribution in [2.24, 2.45) is 0 Å². The molecule has 0 saturated heterocycles. The summed E-state index contributed by atoms with van der Waals surface area (Å²) in [5.41, 5.74) is 1.18. The molecule has 0 saturated carbocycles. The summed E-state index contributed by atoms with van der Waals surface area (Å²) in [5.74, 6) is -0.0358. The van der Waals surface area contributed by atoms with Gasteiger partial charge in [0.25, 0.3) is 5.91 Å². The first-order valence-corrected chi connectivity index (χ1v) is 10.6. The molecule has 30 heavy (non-hydrogen) atoms. The molecule has 0 unspecified atom stereocenters. The molecule has 6 nitrogen and oxygen atoms in total. The molecule has 0 radical (unpaired) electrons. The van der Waals surface area contributed by atoms with E-state index in [9.17, 15) is 9.59 Å². The molecular weight excluding hydrogens is 445 g/mol. The van der Waals surface area contributed by atoms with Gasteiger partial charge < -0.3 is 15.4 Å². The van der Waals surface area contributed by atoms with E-state index in [4.69, 9.17) is 27.9 Å². The van der Waals surface area contributed by atoms with Crippen LogP contribution in [-0.4, -0.2) is 22.8 Å². The minimum atomic E-state index is -0.733. The predicted molar refractivity (Wildman–Crippen MR) is 120 cm³/mol. The number of hydrogen-bond acceptors (Lipinski definition) is 5. The first kappa shape index (κ1) is 22.1. The van der Waals surface area contributed by atoms with Crippen LogP contribution >= 0.6 is 34.5 Å². The Bertz CT molecular complexity index is 1040. The molecule has 0 spiro atoms. The number of rotatable bonds is 7. The number of aromatic nitrogens is 1. The lowest BCUT2D eigenvalue weighted by Gasteiger charge is -2.13. The van der Waals surface area contributed by atoms with E-state index in [1.54, 1.807) is 62.4 Å². The van der Waals surface area contributed by atoms with Crippen LogP contribution in [-0.2, 0) is 11.4 Å². The van der Waals surface area contributed by atoms with E-state index in [-0.39, 0.29) is 18.4 Å². The molecular formula is C21H19Cl2N3O3S. The first-order chi connectivity index (χ1) is 14.3. The lowest BCUT2D eigenvalue weighted by Crippen LogP contribution is -2.41. The zero-order valence-electron chi connectivity index (χ0n) is 16.2. The van der Waals surface area contributed by atoms with Gasteiger partial charge in [0, 0.05) is 15.7 Å². The SMILES string of the molecule is Cc1nc(COc2ccc(Cl)cc2)sc1C(=O)N[C@@H](C)C(=O)Nc1ccc(Cl)cc1. The molecule has 2 amide bonds. The molecule has 3 rings (SSSR count). The highest BCUT2D eigenvalue weighted by atomic mass is 35.5. The van der Waals surface area contributed by atoms with Crippen molar-refractivity contribution in [2.75, 3.05) is 5.32 Å². The minimum Gasteiger partial charge on any atom is -0.486 e. The maximum Gasteiger partial charge on any atom is 0.263 e. The van der Waals surface area contributed by atoms with Gasteiger partial charge >= 0.3 is 0 Å². The van der Waals surface area contributed by atoms with Crippen LogP contribution < -0.4 is 15.4 Å². The van der Waals surface area contributed by atoms with E-state index in [1.807, 2.05) is 0 Å². The highest BCUT2D eigenvalue weighted by Crippen LogP contribution is 2.22. The Morgan fingerprint density at radius 1 is 1.07 bits per heavy atom. The fourth-order valence-electron chi connectivity index (χ4n) is 2.51. The summed E-state index contributed by atoms with van der Waals surface area (Å²) in [5, 5.41) is 7.29. The van der Waals surface area contributed by atoms with Crippen molar-refractivity contribution in [2.45, 2.75) is 26.5 Å². The molecule has 1 aromatic heterocycles. The second-order valence-corrected chi connectivity index (χ2v) is 8.41. The smallest absolute Gasteiger partial charge is 0.263 e.